The predicted molar refractivity (Wildman–Crippen MR) is 77.6 cm³/mol. The minimum Gasteiger partial charge on any atom is -0.352 e. The van der Waals surface area contributed by atoms with Gasteiger partial charge in [0.1, 0.15) is 17.2 Å². The molecular formula is C15H16BrF2NO. The Morgan fingerprint density at radius 2 is 1.95 bits per heavy atom. The van der Waals surface area contributed by atoms with Crippen molar-refractivity contribution in [2.24, 2.45) is 0 Å². The Kier molecular flexibility index (Phi) is 5.29. The van der Waals surface area contributed by atoms with Crippen LogP contribution in [0.5, 0.6) is 0 Å². The molecule has 2 nitrogen and oxygen atoms in total. The Balaban J connectivity index is 1.93. The van der Waals surface area contributed by atoms with Crippen molar-refractivity contribution in [3.63, 3.8) is 0 Å². The lowest BCUT2D eigenvalue weighted by molar-refractivity contribution is 0.0945. The molecule has 20 heavy (non-hydrogen) atoms. The third kappa shape index (κ3) is 3.88. The van der Waals surface area contributed by atoms with E-state index in [1.54, 1.807) is 0 Å². The van der Waals surface area contributed by atoms with E-state index in [2.05, 4.69) is 27.3 Å². The van der Waals surface area contributed by atoms with Crippen molar-refractivity contribution in [3.8, 4) is 0 Å². The molecule has 0 unspecified atom stereocenters. The number of carbonyl (C=O) groups excluding carboxylic acids is 1. The van der Waals surface area contributed by atoms with Gasteiger partial charge in [0.05, 0.1) is 0 Å². The summed E-state index contributed by atoms with van der Waals surface area (Å²) in [6.45, 7) is 0.402. The van der Waals surface area contributed by atoms with Crippen molar-refractivity contribution >= 4 is 21.8 Å². The molecule has 1 aliphatic carbocycles. The third-order valence-corrected chi connectivity index (χ3v) is 3.81. The number of rotatable bonds is 4. The van der Waals surface area contributed by atoms with Crippen molar-refractivity contribution in [1.29, 1.82) is 0 Å². The zero-order valence-electron chi connectivity index (χ0n) is 11.0. The van der Waals surface area contributed by atoms with Crippen LogP contribution in [0.4, 0.5) is 8.78 Å². The maximum absolute atomic E-state index is 13.6. The van der Waals surface area contributed by atoms with Gasteiger partial charge in [-0.2, -0.15) is 0 Å². The van der Waals surface area contributed by atoms with E-state index in [-0.39, 0.29) is 4.47 Å². The Labute approximate surface area is 125 Å². The topological polar surface area (TPSA) is 29.1 Å². The highest BCUT2D eigenvalue weighted by Crippen LogP contribution is 2.21. The highest BCUT2D eigenvalue weighted by molar-refractivity contribution is 9.10. The van der Waals surface area contributed by atoms with Crippen molar-refractivity contribution in [1.82, 2.24) is 5.32 Å². The zero-order chi connectivity index (χ0) is 14.5. The number of amides is 1. The SMILES string of the molecule is O=C(NCCC1=CCCCC1)c1c(F)cc(Br)cc1F. The van der Waals surface area contributed by atoms with Crippen LogP contribution in [0.3, 0.4) is 0 Å². The average Bonchev–Trinajstić information content (AvgIpc) is 2.38. The molecule has 0 atom stereocenters. The molecule has 5 heteroatoms. The van der Waals surface area contributed by atoms with E-state index < -0.39 is 23.1 Å². The van der Waals surface area contributed by atoms with Gasteiger partial charge in [-0.3, -0.25) is 4.79 Å². The fourth-order valence-electron chi connectivity index (χ4n) is 2.32. The quantitative estimate of drug-likeness (QED) is 0.809. The van der Waals surface area contributed by atoms with Crippen molar-refractivity contribution in [3.05, 3.63) is 45.5 Å². The summed E-state index contributed by atoms with van der Waals surface area (Å²) in [6, 6.07) is 2.17. The van der Waals surface area contributed by atoms with Crippen LogP contribution in [0.1, 0.15) is 42.5 Å². The number of hydrogen-bond acceptors (Lipinski definition) is 1. The number of carbonyl (C=O) groups is 1. The molecule has 1 N–H and O–H groups in total. The molecule has 0 saturated carbocycles. The van der Waals surface area contributed by atoms with Gasteiger partial charge in [0.15, 0.2) is 0 Å². The summed E-state index contributed by atoms with van der Waals surface area (Å²) in [5.74, 6) is -2.42. The highest BCUT2D eigenvalue weighted by Gasteiger charge is 2.18. The molecule has 1 aromatic carbocycles. The van der Waals surface area contributed by atoms with Gasteiger partial charge in [-0.15, -0.1) is 0 Å². The molecule has 1 aromatic rings. The molecular weight excluding hydrogens is 328 g/mol. The molecule has 108 valence electrons. The number of benzene rings is 1. The van der Waals surface area contributed by atoms with Crippen LogP contribution >= 0.6 is 15.9 Å². The summed E-state index contributed by atoms with van der Waals surface area (Å²) in [6.07, 6.45) is 7.46. The molecule has 0 aromatic heterocycles. The second-order valence-electron chi connectivity index (χ2n) is 4.86. The van der Waals surface area contributed by atoms with E-state index in [0.717, 1.165) is 31.4 Å². The Hall–Kier alpha value is -1.23. The standard InChI is InChI=1S/C15H16BrF2NO/c16-11-8-12(17)14(13(18)9-11)15(20)19-7-6-10-4-2-1-3-5-10/h4,8-9H,1-3,5-7H2,(H,19,20). The Morgan fingerprint density at radius 1 is 1.25 bits per heavy atom. The zero-order valence-corrected chi connectivity index (χ0v) is 12.6. The van der Waals surface area contributed by atoms with Crippen LogP contribution < -0.4 is 5.32 Å². The van der Waals surface area contributed by atoms with Crippen LogP contribution in [0.25, 0.3) is 0 Å². The second-order valence-corrected chi connectivity index (χ2v) is 5.77. The van der Waals surface area contributed by atoms with Crippen molar-refractivity contribution in [2.45, 2.75) is 32.1 Å². The summed E-state index contributed by atoms with van der Waals surface area (Å²) in [5, 5.41) is 2.57. The summed E-state index contributed by atoms with van der Waals surface area (Å²) in [5.41, 5.74) is 0.791. The molecule has 1 amide bonds. The first kappa shape index (κ1) is 15.2. The van der Waals surface area contributed by atoms with E-state index in [9.17, 15) is 13.6 Å². The third-order valence-electron chi connectivity index (χ3n) is 3.35. The Bertz CT molecular complexity index is 520. The maximum Gasteiger partial charge on any atom is 0.257 e. The van der Waals surface area contributed by atoms with Gasteiger partial charge in [0.2, 0.25) is 0 Å². The molecule has 0 fully saturated rings. The number of allylic oxidation sites excluding steroid dienone is 1. The van der Waals surface area contributed by atoms with Crippen LogP contribution in [0, 0.1) is 11.6 Å². The molecule has 0 aliphatic heterocycles. The summed E-state index contributed by atoms with van der Waals surface area (Å²) in [7, 11) is 0. The van der Waals surface area contributed by atoms with Crippen LogP contribution in [-0.4, -0.2) is 12.5 Å². The molecule has 0 spiro atoms. The van der Waals surface area contributed by atoms with Gasteiger partial charge in [0.25, 0.3) is 5.91 Å². The lowest BCUT2D eigenvalue weighted by Gasteiger charge is -2.13. The minimum absolute atomic E-state index is 0.274. The van der Waals surface area contributed by atoms with Gasteiger partial charge < -0.3 is 5.32 Å². The highest BCUT2D eigenvalue weighted by atomic mass is 79.9. The van der Waals surface area contributed by atoms with E-state index in [0.29, 0.717) is 6.54 Å². The molecule has 1 aliphatic rings. The molecule has 0 radical (unpaired) electrons. The smallest absolute Gasteiger partial charge is 0.257 e. The van der Waals surface area contributed by atoms with Gasteiger partial charge >= 0.3 is 0 Å². The lowest BCUT2D eigenvalue weighted by atomic mass is 9.97. The van der Waals surface area contributed by atoms with E-state index in [4.69, 9.17) is 0 Å². The largest absolute Gasteiger partial charge is 0.352 e. The van der Waals surface area contributed by atoms with E-state index >= 15 is 0 Å². The van der Waals surface area contributed by atoms with Crippen LogP contribution in [-0.2, 0) is 0 Å². The summed E-state index contributed by atoms with van der Waals surface area (Å²) < 4.78 is 27.5. The first-order valence-electron chi connectivity index (χ1n) is 6.68. The minimum atomic E-state index is -0.855. The predicted octanol–water partition coefficient (Wildman–Crippen LogP) is 4.35. The van der Waals surface area contributed by atoms with Gasteiger partial charge in [0, 0.05) is 11.0 Å². The van der Waals surface area contributed by atoms with Gasteiger partial charge in [-0.25, -0.2) is 8.78 Å². The summed E-state index contributed by atoms with van der Waals surface area (Å²) in [4.78, 5) is 11.8. The number of nitrogens with one attached hydrogen (secondary N) is 1. The molecule has 2 rings (SSSR count). The van der Waals surface area contributed by atoms with Gasteiger partial charge in [-0.05, 0) is 44.2 Å². The van der Waals surface area contributed by atoms with Crippen molar-refractivity contribution < 1.29 is 13.6 Å². The van der Waals surface area contributed by atoms with Gasteiger partial charge in [-0.1, -0.05) is 27.6 Å². The Morgan fingerprint density at radius 3 is 2.55 bits per heavy atom. The van der Waals surface area contributed by atoms with E-state index in [1.807, 2.05) is 0 Å². The van der Waals surface area contributed by atoms with E-state index in [1.165, 1.54) is 18.4 Å². The average molecular weight is 344 g/mol. The van der Waals surface area contributed by atoms with Crippen LogP contribution in [0.15, 0.2) is 28.3 Å². The normalized spacial score (nSPS) is 14.8. The first-order chi connectivity index (χ1) is 9.58. The fourth-order valence-corrected chi connectivity index (χ4v) is 2.72. The molecule has 0 heterocycles. The molecule has 0 saturated heterocycles. The monoisotopic (exact) mass is 343 g/mol. The first-order valence-corrected chi connectivity index (χ1v) is 7.48. The number of hydrogen-bond donors (Lipinski definition) is 1. The molecule has 0 bridgehead atoms. The number of halogens is 3. The second kappa shape index (κ2) is 6.97. The fraction of sp³-hybridized carbons (Fsp3) is 0.400. The van der Waals surface area contributed by atoms with Crippen LogP contribution in [0.2, 0.25) is 0 Å². The lowest BCUT2D eigenvalue weighted by Crippen LogP contribution is -2.27. The van der Waals surface area contributed by atoms with Crippen molar-refractivity contribution in [2.75, 3.05) is 6.54 Å². The summed E-state index contributed by atoms with van der Waals surface area (Å²) >= 11 is 2.98. The maximum atomic E-state index is 13.6.